The summed E-state index contributed by atoms with van der Waals surface area (Å²) in [6.45, 7) is 4.79. The molecule has 1 atom stereocenters. The molecule has 0 radical (unpaired) electrons. The minimum Gasteiger partial charge on any atom is -0.364 e. The number of nitrogens with one attached hydrogen (secondary N) is 1. The molecule has 1 fully saturated rings. The maximum atomic E-state index is 13.1. The highest BCUT2D eigenvalue weighted by molar-refractivity contribution is 5.97. The number of nitrogens with two attached hydrogens (primary N) is 1. The van der Waals surface area contributed by atoms with Gasteiger partial charge < -0.3 is 15.6 Å². The molecule has 2 aromatic heterocycles. The molecule has 3 aromatic rings. The molecule has 1 aliphatic heterocycles. The van der Waals surface area contributed by atoms with Gasteiger partial charge in [0, 0.05) is 30.8 Å². The van der Waals surface area contributed by atoms with Crippen LogP contribution in [0.15, 0.2) is 36.5 Å². The number of amides is 2. The average Bonchev–Trinajstić information content (AvgIpc) is 3.20. The lowest BCUT2D eigenvalue weighted by atomic mass is 9.96. The van der Waals surface area contributed by atoms with E-state index in [0.29, 0.717) is 47.4 Å². The summed E-state index contributed by atoms with van der Waals surface area (Å²) in [6.07, 6.45) is 3.30. The molecular weight excluding hydrogens is 380 g/mol. The Morgan fingerprint density at radius 3 is 2.63 bits per heavy atom. The summed E-state index contributed by atoms with van der Waals surface area (Å²) < 4.78 is 0. The molecule has 8 nitrogen and oxygen atoms in total. The van der Waals surface area contributed by atoms with Gasteiger partial charge in [0.1, 0.15) is 23.0 Å². The van der Waals surface area contributed by atoms with E-state index >= 15 is 0 Å². The van der Waals surface area contributed by atoms with Crippen LogP contribution in [-0.2, 0) is 0 Å². The predicted octanol–water partition coefficient (Wildman–Crippen LogP) is 2.60. The van der Waals surface area contributed by atoms with Gasteiger partial charge in [-0.05, 0) is 26.7 Å². The molecule has 0 aliphatic carbocycles. The first-order chi connectivity index (χ1) is 14.4. The fraction of sp³-hybridized carbons (Fsp3) is 0.318. The fourth-order valence-electron chi connectivity index (χ4n) is 3.92. The highest BCUT2D eigenvalue weighted by Gasteiger charge is 2.30. The van der Waals surface area contributed by atoms with Crippen molar-refractivity contribution in [1.82, 2.24) is 24.8 Å². The van der Waals surface area contributed by atoms with Crippen molar-refractivity contribution < 1.29 is 9.59 Å². The van der Waals surface area contributed by atoms with E-state index in [0.717, 1.165) is 18.4 Å². The van der Waals surface area contributed by atoms with Gasteiger partial charge in [-0.15, -0.1) is 0 Å². The summed E-state index contributed by atoms with van der Waals surface area (Å²) in [5.41, 5.74) is 8.44. The van der Waals surface area contributed by atoms with Gasteiger partial charge in [0.25, 0.3) is 11.8 Å². The Morgan fingerprint density at radius 1 is 1.17 bits per heavy atom. The number of carbonyl (C=O) groups excluding carboxylic acids is 2. The number of nitrogens with zero attached hydrogens (tertiary/aromatic N) is 4. The van der Waals surface area contributed by atoms with Crippen molar-refractivity contribution in [1.29, 1.82) is 0 Å². The Bertz CT molecular complexity index is 1090. The second-order valence-corrected chi connectivity index (χ2v) is 7.58. The number of aryl methyl sites for hydroxylation is 2. The van der Waals surface area contributed by atoms with Crippen molar-refractivity contribution in [3.05, 3.63) is 65.1 Å². The van der Waals surface area contributed by atoms with Crippen LogP contribution in [0.3, 0.4) is 0 Å². The van der Waals surface area contributed by atoms with Gasteiger partial charge >= 0.3 is 0 Å². The average molecular weight is 404 g/mol. The van der Waals surface area contributed by atoms with Crippen LogP contribution in [0.1, 0.15) is 56.9 Å². The molecule has 154 valence electrons. The molecular formula is C22H24N6O2. The SMILES string of the molecule is Cc1ncc(C(=O)N2CCC[C@H](c3nc(-c4ccccc4)c(C(N)=O)[nH]3)C2)c(C)n1. The Kier molecular flexibility index (Phi) is 5.31. The van der Waals surface area contributed by atoms with Crippen molar-refractivity contribution in [2.45, 2.75) is 32.6 Å². The fourth-order valence-corrected chi connectivity index (χ4v) is 3.92. The van der Waals surface area contributed by atoms with Crippen LogP contribution in [0.4, 0.5) is 0 Å². The maximum absolute atomic E-state index is 13.1. The third kappa shape index (κ3) is 3.80. The number of primary amides is 1. The number of aromatic amines is 1. The van der Waals surface area contributed by atoms with Crippen LogP contribution in [0, 0.1) is 13.8 Å². The molecule has 0 unspecified atom stereocenters. The van der Waals surface area contributed by atoms with Crippen molar-refractivity contribution in [3.63, 3.8) is 0 Å². The van der Waals surface area contributed by atoms with Crippen molar-refractivity contribution in [2.75, 3.05) is 13.1 Å². The number of aromatic nitrogens is 4. The third-order valence-electron chi connectivity index (χ3n) is 5.44. The lowest BCUT2D eigenvalue weighted by Gasteiger charge is -2.32. The number of hydrogen-bond acceptors (Lipinski definition) is 5. The van der Waals surface area contributed by atoms with Gasteiger partial charge in [-0.3, -0.25) is 9.59 Å². The summed E-state index contributed by atoms with van der Waals surface area (Å²) in [4.78, 5) is 43.1. The van der Waals surface area contributed by atoms with Gasteiger partial charge in [0.15, 0.2) is 0 Å². The van der Waals surface area contributed by atoms with Crippen LogP contribution >= 0.6 is 0 Å². The second kappa shape index (κ2) is 8.06. The molecule has 2 amide bonds. The molecule has 1 aliphatic rings. The number of imidazole rings is 1. The topological polar surface area (TPSA) is 118 Å². The van der Waals surface area contributed by atoms with Gasteiger partial charge in [0.05, 0.1) is 11.3 Å². The molecule has 0 saturated carbocycles. The van der Waals surface area contributed by atoms with Gasteiger partial charge in [-0.2, -0.15) is 0 Å². The smallest absolute Gasteiger partial charge is 0.267 e. The zero-order chi connectivity index (χ0) is 21.3. The zero-order valence-electron chi connectivity index (χ0n) is 17.1. The second-order valence-electron chi connectivity index (χ2n) is 7.58. The van der Waals surface area contributed by atoms with E-state index in [2.05, 4.69) is 15.0 Å². The van der Waals surface area contributed by atoms with Crippen molar-refractivity contribution >= 4 is 11.8 Å². The Labute approximate surface area is 174 Å². The minimum atomic E-state index is -0.552. The minimum absolute atomic E-state index is 0.00932. The monoisotopic (exact) mass is 404 g/mol. The van der Waals surface area contributed by atoms with Crippen LogP contribution in [-0.4, -0.2) is 49.7 Å². The third-order valence-corrected chi connectivity index (χ3v) is 5.44. The van der Waals surface area contributed by atoms with Gasteiger partial charge in [-0.25, -0.2) is 15.0 Å². The number of likely N-dealkylation sites (tertiary alicyclic amines) is 1. The van der Waals surface area contributed by atoms with E-state index in [4.69, 9.17) is 10.7 Å². The van der Waals surface area contributed by atoms with E-state index < -0.39 is 5.91 Å². The van der Waals surface area contributed by atoms with E-state index in [1.54, 1.807) is 13.1 Å². The first-order valence-electron chi connectivity index (χ1n) is 9.98. The first-order valence-corrected chi connectivity index (χ1v) is 9.98. The first kappa shape index (κ1) is 19.8. The maximum Gasteiger partial charge on any atom is 0.267 e. The summed E-state index contributed by atoms with van der Waals surface area (Å²) in [7, 11) is 0. The highest BCUT2D eigenvalue weighted by atomic mass is 16.2. The number of piperidine rings is 1. The van der Waals surface area contributed by atoms with Crippen molar-refractivity contribution in [3.8, 4) is 11.3 Å². The van der Waals surface area contributed by atoms with Crippen LogP contribution in [0.2, 0.25) is 0 Å². The Hall–Kier alpha value is -3.55. The van der Waals surface area contributed by atoms with Gasteiger partial charge in [0.2, 0.25) is 0 Å². The number of hydrogen-bond donors (Lipinski definition) is 2. The molecule has 3 heterocycles. The molecule has 30 heavy (non-hydrogen) atoms. The molecule has 8 heteroatoms. The molecule has 1 saturated heterocycles. The quantitative estimate of drug-likeness (QED) is 0.693. The molecule has 0 bridgehead atoms. The van der Waals surface area contributed by atoms with E-state index in [-0.39, 0.29) is 11.8 Å². The zero-order valence-corrected chi connectivity index (χ0v) is 17.1. The van der Waals surface area contributed by atoms with E-state index in [9.17, 15) is 9.59 Å². The predicted molar refractivity (Wildman–Crippen MR) is 112 cm³/mol. The van der Waals surface area contributed by atoms with Crippen LogP contribution in [0.25, 0.3) is 11.3 Å². The Morgan fingerprint density at radius 2 is 1.93 bits per heavy atom. The lowest BCUT2D eigenvalue weighted by Crippen LogP contribution is -2.39. The van der Waals surface area contributed by atoms with Crippen molar-refractivity contribution in [2.24, 2.45) is 5.73 Å². The summed E-state index contributed by atoms with van der Waals surface area (Å²) in [6, 6.07) is 9.47. The molecule has 4 rings (SSSR count). The molecule has 3 N–H and O–H groups in total. The summed E-state index contributed by atoms with van der Waals surface area (Å²) >= 11 is 0. The number of rotatable bonds is 4. The lowest BCUT2D eigenvalue weighted by molar-refractivity contribution is 0.0702. The number of benzene rings is 1. The Balaban J connectivity index is 1.60. The van der Waals surface area contributed by atoms with Crippen LogP contribution in [0.5, 0.6) is 0 Å². The van der Waals surface area contributed by atoms with Crippen LogP contribution < -0.4 is 5.73 Å². The van der Waals surface area contributed by atoms with Gasteiger partial charge in [-0.1, -0.05) is 30.3 Å². The normalized spacial score (nSPS) is 16.5. The number of carbonyl (C=O) groups is 2. The van der Waals surface area contributed by atoms with E-state index in [1.165, 1.54) is 0 Å². The highest BCUT2D eigenvalue weighted by Crippen LogP contribution is 2.30. The molecule has 0 spiro atoms. The standard InChI is InChI=1S/C22H24N6O2/c1-13-17(11-24-14(2)25-13)22(30)28-10-6-9-16(12-28)21-26-18(19(27-21)20(23)29)15-7-4-3-5-8-15/h3-5,7-8,11,16H,6,9-10,12H2,1-2H3,(H2,23,29)(H,26,27)/t16-/m0/s1. The van der Waals surface area contributed by atoms with E-state index in [1.807, 2.05) is 42.2 Å². The summed E-state index contributed by atoms with van der Waals surface area (Å²) in [5.74, 6) is 0.677. The summed E-state index contributed by atoms with van der Waals surface area (Å²) in [5, 5.41) is 0. The molecule has 1 aromatic carbocycles. The number of H-pyrrole nitrogens is 1. The largest absolute Gasteiger partial charge is 0.364 e.